The minimum atomic E-state index is -2.99. The summed E-state index contributed by atoms with van der Waals surface area (Å²) >= 11 is 5.73. The number of aliphatic carboxylic acids is 1. The van der Waals surface area contributed by atoms with Gasteiger partial charge in [-0.1, -0.05) is 17.7 Å². The van der Waals surface area contributed by atoms with Gasteiger partial charge in [0.15, 0.2) is 0 Å². The number of ether oxygens (including phenoxy) is 1. The fourth-order valence-electron chi connectivity index (χ4n) is 1.03. The smallest absolute Gasteiger partial charge is 0.387 e. The highest BCUT2D eigenvalue weighted by atomic mass is 35.5. The first-order valence-electron chi connectivity index (χ1n) is 4.15. The number of rotatable bonds is 4. The van der Waals surface area contributed by atoms with Crippen LogP contribution >= 0.6 is 11.6 Å². The Morgan fingerprint density at radius 1 is 1.50 bits per heavy atom. The highest BCUT2D eigenvalue weighted by Gasteiger charge is 2.10. The number of carboxylic acid groups (broad SMARTS) is 1. The summed E-state index contributed by atoms with van der Waals surface area (Å²) in [5.74, 6) is -1.37. The second kappa shape index (κ2) is 5.46. The van der Waals surface area contributed by atoms with Crippen molar-refractivity contribution in [3.63, 3.8) is 0 Å². The third-order valence-electron chi connectivity index (χ3n) is 1.62. The molecular formula is C10H7ClF2O3. The third kappa shape index (κ3) is 3.51. The Labute approximate surface area is 94.9 Å². The summed E-state index contributed by atoms with van der Waals surface area (Å²) in [5, 5.41) is 8.55. The molecule has 0 heterocycles. The predicted molar refractivity (Wildman–Crippen MR) is 54.8 cm³/mol. The monoisotopic (exact) mass is 248 g/mol. The summed E-state index contributed by atoms with van der Waals surface area (Å²) in [5.41, 5.74) is 0.104. The van der Waals surface area contributed by atoms with Crippen LogP contribution in [0.4, 0.5) is 8.78 Å². The summed E-state index contributed by atoms with van der Waals surface area (Å²) < 4.78 is 28.2. The minimum absolute atomic E-state index is 0.104. The fraction of sp³-hybridized carbons (Fsp3) is 0.100. The highest BCUT2D eigenvalue weighted by Crippen LogP contribution is 2.28. The minimum Gasteiger partial charge on any atom is -0.478 e. The van der Waals surface area contributed by atoms with Gasteiger partial charge < -0.3 is 9.84 Å². The van der Waals surface area contributed by atoms with Gasteiger partial charge in [0.2, 0.25) is 0 Å². The Balaban J connectivity index is 3.08. The van der Waals surface area contributed by atoms with E-state index in [0.717, 1.165) is 12.2 Å². The summed E-state index contributed by atoms with van der Waals surface area (Å²) in [6.45, 7) is -2.99. The molecule has 0 bridgehead atoms. The molecule has 1 aromatic rings. The second-order valence-corrected chi connectivity index (χ2v) is 3.11. The molecule has 16 heavy (non-hydrogen) atoms. The standard InChI is InChI=1S/C10H7ClF2O3/c11-7-2-1-3-8(16-10(12)13)6(7)4-5-9(14)15/h1-5,10H,(H,14,15)/b5-4+. The first kappa shape index (κ1) is 12.4. The summed E-state index contributed by atoms with van der Waals surface area (Å²) in [4.78, 5) is 10.3. The number of halogens is 3. The van der Waals surface area contributed by atoms with Gasteiger partial charge in [-0.2, -0.15) is 8.78 Å². The van der Waals surface area contributed by atoms with Crippen LogP contribution in [0.2, 0.25) is 5.02 Å². The van der Waals surface area contributed by atoms with E-state index in [1.807, 2.05) is 0 Å². The van der Waals surface area contributed by atoms with Gasteiger partial charge in [0.05, 0.1) is 5.02 Å². The predicted octanol–water partition coefficient (Wildman–Crippen LogP) is 3.04. The quantitative estimate of drug-likeness (QED) is 0.833. The van der Waals surface area contributed by atoms with Crippen LogP contribution in [0, 0.1) is 0 Å². The van der Waals surface area contributed by atoms with Crippen molar-refractivity contribution in [2.45, 2.75) is 6.61 Å². The Morgan fingerprint density at radius 3 is 2.75 bits per heavy atom. The number of hydrogen-bond donors (Lipinski definition) is 1. The number of benzene rings is 1. The Bertz CT molecular complexity index is 419. The SMILES string of the molecule is O=C(O)/C=C/c1c(Cl)cccc1OC(F)F. The molecule has 1 N–H and O–H groups in total. The second-order valence-electron chi connectivity index (χ2n) is 2.70. The molecule has 0 fully saturated rings. The van der Waals surface area contributed by atoms with E-state index in [1.165, 1.54) is 18.2 Å². The van der Waals surface area contributed by atoms with Crippen molar-refractivity contribution < 1.29 is 23.4 Å². The van der Waals surface area contributed by atoms with Gasteiger partial charge in [0, 0.05) is 11.6 Å². The molecule has 0 atom stereocenters. The Kier molecular flexibility index (Phi) is 4.25. The van der Waals surface area contributed by atoms with E-state index in [0.29, 0.717) is 0 Å². The van der Waals surface area contributed by atoms with Gasteiger partial charge in [-0.15, -0.1) is 0 Å². The van der Waals surface area contributed by atoms with Gasteiger partial charge in [-0.05, 0) is 18.2 Å². The molecule has 0 aliphatic carbocycles. The highest BCUT2D eigenvalue weighted by molar-refractivity contribution is 6.32. The maximum Gasteiger partial charge on any atom is 0.387 e. The van der Waals surface area contributed by atoms with Crippen molar-refractivity contribution in [1.82, 2.24) is 0 Å². The molecule has 0 aliphatic heterocycles. The fourth-order valence-corrected chi connectivity index (χ4v) is 1.26. The van der Waals surface area contributed by atoms with Crippen LogP contribution < -0.4 is 4.74 Å². The van der Waals surface area contributed by atoms with Crippen LogP contribution in [0.5, 0.6) is 5.75 Å². The molecule has 3 nitrogen and oxygen atoms in total. The lowest BCUT2D eigenvalue weighted by molar-refractivity contribution is -0.131. The molecule has 0 spiro atoms. The van der Waals surface area contributed by atoms with E-state index in [4.69, 9.17) is 16.7 Å². The summed E-state index contributed by atoms with van der Waals surface area (Å²) in [6.07, 6.45) is 1.89. The summed E-state index contributed by atoms with van der Waals surface area (Å²) in [6, 6.07) is 4.15. The van der Waals surface area contributed by atoms with E-state index in [2.05, 4.69) is 4.74 Å². The van der Waals surface area contributed by atoms with Crippen molar-refractivity contribution in [1.29, 1.82) is 0 Å². The zero-order chi connectivity index (χ0) is 12.1. The Hall–Kier alpha value is -1.62. The van der Waals surface area contributed by atoms with E-state index in [9.17, 15) is 13.6 Å². The molecule has 0 amide bonds. The van der Waals surface area contributed by atoms with Gasteiger partial charge in [0.25, 0.3) is 0 Å². The molecule has 0 unspecified atom stereocenters. The molecule has 0 saturated carbocycles. The van der Waals surface area contributed by atoms with E-state index >= 15 is 0 Å². The lowest BCUT2D eigenvalue weighted by Gasteiger charge is -2.08. The normalized spacial score (nSPS) is 11.0. The van der Waals surface area contributed by atoms with Gasteiger partial charge in [-0.3, -0.25) is 0 Å². The van der Waals surface area contributed by atoms with E-state index in [1.54, 1.807) is 0 Å². The van der Waals surface area contributed by atoms with Gasteiger partial charge >= 0.3 is 12.6 Å². The maximum absolute atomic E-state index is 12.0. The molecule has 0 radical (unpaired) electrons. The Morgan fingerprint density at radius 2 is 2.19 bits per heavy atom. The van der Waals surface area contributed by atoms with Crippen LogP contribution in [0.25, 0.3) is 6.08 Å². The maximum atomic E-state index is 12.0. The van der Waals surface area contributed by atoms with Crippen molar-refractivity contribution in [3.05, 3.63) is 34.9 Å². The lowest BCUT2D eigenvalue weighted by atomic mass is 10.2. The van der Waals surface area contributed by atoms with Crippen LogP contribution in [0.15, 0.2) is 24.3 Å². The van der Waals surface area contributed by atoms with E-state index in [-0.39, 0.29) is 16.3 Å². The topological polar surface area (TPSA) is 46.5 Å². The van der Waals surface area contributed by atoms with Crippen LogP contribution in [0.1, 0.15) is 5.56 Å². The molecule has 6 heteroatoms. The van der Waals surface area contributed by atoms with Crippen molar-refractivity contribution in [3.8, 4) is 5.75 Å². The number of hydrogen-bond acceptors (Lipinski definition) is 2. The lowest BCUT2D eigenvalue weighted by Crippen LogP contribution is -2.03. The number of alkyl halides is 2. The van der Waals surface area contributed by atoms with Crippen molar-refractivity contribution >= 4 is 23.6 Å². The van der Waals surface area contributed by atoms with Crippen molar-refractivity contribution in [2.24, 2.45) is 0 Å². The molecule has 86 valence electrons. The van der Waals surface area contributed by atoms with Crippen molar-refractivity contribution in [2.75, 3.05) is 0 Å². The average Bonchev–Trinajstić information content (AvgIpc) is 2.15. The van der Waals surface area contributed by atoms with Gasteiger partial charge in [-0.25, -0.2) is 4.79 Å². The van der Waals surface area contributed by atoms with Crippen LogP contribution in [-0.4, -0.2) is 17.7 Å². The van der Waals surface area contributed by atoms with Crippen LogP contribution in [-0.2, 0) is 4.79 Å². The molecule has 1 rings (SSSR count). The third-order valence-corrected chi connectivity index (χ3v) is 1.95. The number of carbonyl (C=O) groups is 1. The molecular weight excluding hydrogens is 242 g/mol. The molecule has 0 aliphatic rings. The summed E-state index contributed by atoms with van der Waals surface area (Å²) in [7, 11) is 0. The number of carboxylic acids is 1. The van der Waals surface area contributed by atoms with Gasteiger partial charge in [0.1, 0.15) is 5.75 Å². The van der Waals surface area contributed by atoms with E-state index < -0.39 is 12.6 Å². The van der Waals surface area contributed by atoms with Crippen LogP contribution in [0.3, 0.4) is 0 Å². The largest absolute Gasteiger partial charge is 0.478 e. The zero-order valence-electron chi connectivity index (χ0n) is 7.86. The molecule has 1 aromatic carbocycles. The molecule has 0 saturated heterocycles. The molecule has 0 aromatic heterocycles. The first-order chi connectivity index (χ1) is 7.50. The average molecular weight is 249 g/mol. The zero-order valence-corrected chi connectivity index (χ0v) is 8.62. The first-order valence-corrected chi connectivity index (χ1v) is 4.53.